The molecule has 118 valence electrons. The van der Waals surface area contributed by atoms with Crippen LogP contribution in [0.15, 0.2) is 24.3 Å². The molecule has 0 saturated heterocycles. The van der Waals surface area contributed by atoms with Crippen molar-refractivity contribution in [3.05, 3.63) is 24.3 Å². The number of hydrogen-bond donors (Lipinski definition) is 2. The number of ether oxygens (including phenoxy) is 2. The second-order valence-electron chi connectivity index (χ2n) is 6.47. The summed E-state index contributed by atoms with van der Waals surface area (Å²) in [6.45, 7) is 5.35. The molecule has 2 rings (SSSR count). The lowest BCUT2D eigenvalue weighted by atomic mass is 10.0. The summed E-state index contributed by atoms with van der Waals surface area (Å²) in [5.41, 5.74) is 0.536. The second-order valence-corrected chi connectivity index (χ2v) is 6.47. The van der Waals surface area contributed by atoms with Crippen molar-refractivity contribution in [2.24, 2.45) is 5.41 Å². The fraction of sp³-hybridized carbons (Fsp3) is 0.647. The van der Waals surface area contributed by atoms with E-state index in [1.807, 2.05) is 24.3 Å². The second kappa shape index (κ2) is 7.14. The summed E-state index contributed by atoms with van der Waals surface area (Å²) in [4.78, 5) is 0. The molecule has 0 radical (unpaired) electrons. The number of benzene rings is 1. The topological polar surface area (TPSA) is 50.7 Å². The smallest absolute Gasteiger partial charge is 0.123 e. The first kappa shape index (κ1) is 16.1. The average molecular weight is 293 g/mol. The first-order chi connectivity index (χ1) is 10.0. The maximum Gasteiger partial charge on any atom is 0.123 e. The fourth-order valence-corrected chi connectivity index (χ4v) is 2.51. The molecule has 2 N–H and O–H groups in total. The van der Waals surface area contributed by atoms with Crippen molar-refractivity contribution >= 4 is 0 Å². The largest absolute Gasteiger partial charge is 0.497 e. The van der Waals surface area contributed by atoms with Crippen molar-refractivity contribution in [3.8, 4) is 11.5 Å². The van der Waals surface area contributed by atoms with Crippen LogP contribution in [0.4, 0.5) is 0 Å². The van der Waals surface area contributed by atoms with E-state index in [0.29, 0.717) is 23.8 Å². The van der Waals surface area contributed by atoms with Crippen molar-refractivity contribution in [1.29, 1.82) is 0 Å². The molecule has 1 fully saturated rings. The lowest BCUT2D eigenvalue weighted by molar-refractivity contribution is 0.103. The Labute approximate surface area is 127 Å². The molecule has 21 heavy (non-hydrogen) atoms. The van der Waals surface area contributed by atoms with E-state index < -0.39 is 6.10 Å². The Bertz CT molecular complexity index is 445. The Kier molecular flexibility index (Phi) is 5.48. The van der Waals surface area contributed by atoms with Gasteiger partial charge in [-0.2, -0.15) is 0 Å². The van der Waals surface area contributed by atoms with Gasteiger partial charge in [0.25, 0.3) is 0 Å². The highest BCUT2D eigenvalue weighted by atomic mass is 16.5. The zero-order valence-corrected chi connectivity index (χ0v) is 13.3. The van der Waals surface area contributed by atoms with Gasteiger partial charge in [-0.15, -0.1) is 0 Å². The van der Waals surface area contributed by atoms with E-state index in [1.54, 1.807) is 7.11 Å². The van der Waals surface area contributed by atoms with Crippen LogP contribution in [0.1, 0.15) is 33.1 Å². The minimum absolute atomic E-state index is 0.282. The minimum Gasteiger partial charge on any atom is -0.497 e. The van der Waals surface area contributed by atoms with E-state index >= 15 is 0 Å². The van der Waals surface area contributed by atoms with Gasteiger partial charge in [0, 0.05) is 18.7 Å². The molecule has 0 spiro atoms. The Balaban J connectivity index is 1.65. The summed E-state index contributed by atoms with van der Waals surface area (Å²) in [7, 11) is 1.62. The molecule has 2 atom stereocenters. The monoisotopic (exact) mass is 293 g/mol. The van der Waals surface area contributed by atoms with Crippen LogP contribution in [0.5, 0.6) is 11.5 Å². The van der Waals surface area contributed by atoms with Crippen LogP contribution in [0.2, 0.25) is 0 Å². The Hall–Kier alpha value is -1.26. The quantitative estimate of drug-likeness (QED) is 0.735. The third-order valence-corrected chi connectivity index (χ3v) is 4.09. The van der Waals surface area contributed by atoms with Gasteiger partial charge in [0.1, 0.15) is 24.2 Å². The SMILES string of the molecule is COc1cccc(OC[C@@H](O)CN[C@H](C)CC2(C)CC2)c1. The van der Waals surface area contributed by atoms with Gasteiger partial charge in [0.15, 0.2) is 0 Å². The van der Waals surface area contributed by atoms with Gasteiger partial charge in [-0.3, -0.25) is 0 Å². The molecule has 1 saturated carbocycles. The first-order valence-electron chi connectivity index (χ1n) is 7.69. The number of rotatable bonds is 9. The molecular formula is C17H27NO3. The Morgan fingerprint density at radius 2 is 2.05 bits per heavy atom. The normalized spacial score (nSPS) is 18.9. The molecule has 1 aliphatic carbocycles. The maximum absolute atomic E-state index is 9.98. The number of aliphatic hydroxyl groups excluding tert-OH is 1. The molecule has 0 unspecified atom stereocenters. The van der Waals surface area contributed by atoms with Gasteiger partial charge in [0.2, 0.25) is 0 Å². The van der Waals surface area contributed by atoms with E-state index in [2.05, 4.69) is 19.2 Å². The number of aliphatic hydroxyl groups is 1. The molecule has 1 aromatic rings. The lowest BCUT2D eigenvalue weighted by Crippen LogP contribution is -2.37. The highest BCUT2D eigenvalue weighted by Crippen LogP contribution is 2.48. The summed E-state index contributed by atoms with van der Waals surface area (Å²) in [6.07, 6.45) is 3.34. The van der Waals surface area contributed by atoms with Crippen LogP contribution in [0.3, 0.4) is 0 Å². The van der Waals surface area contributed by atoms with Crippen molar-refractivity contribution in [2.45, 2.75) is 45.3 Å². The number of hydrogen-bond acceptors (Lipinski definition) is 4. The van der Waals surface area contributed by atoms with Crippen LogP contribution in [0, 0.1) is 5.41 Å². The zero-order valence-electron chi connectivity index (χ0n) is 13.3. The van der Waals surface area contributed by atoms with Gasteiger partial charge in [0.05, 0.1) is 7.11 Å². The van der Waals surface area contributed by atoms with Crippen molar-refractivity contribution in [1.82, 2.24) is 5.32 Å². The summed E-state index contributed by atoms with van der Waals surface area (Å²) in [6, 6.07) is 7.85. The molecule has 0 amide bonds. The van der Waals surface area contributed by atoms with Crippen LogP contribution < -0.4 is 14.8 Å². The predicted molar refractivity (Wildman–Crippen MR) is 83.9 cm³/mol. The van der Waals surface area contributed by atoms with Crippen molar-refractivity contribution in [3.63, 3.8) is 0 Å². The average Bonchev–Trinajstić information content (AvgIpc) is 3.20. The third-order valence-electron chi connectivity index (χ3n) is 4.09. The van der Waals surface area contributed by atoms with E-state index in [4.69, 9.17) is 9.47 Å². The minimum atomic E-state index is -0.509. The van der Waals surface area contributed by atoms with Crippen LogP contribution >= 0.6 is 0 Å². The van der Waals surface area contributed by atoms with Crippen LogP contribution in [-0.2, 0) is 0 Å². The predicted octanol–water partition coefficient (Wildman–Crippen LogP) is 2.60. The highest BCUT2D eigenvalue weighted by Gasteiger charge is 2.38. The highest BCUT2D eigenvalue weighted by molar-refractivity contribution is 5.32. The molecule has 0 aliphatic heterocycles. The number of nitrogens with one attached hydrogen (secondary N) is 1. The fourth-order valence-electron chi connectivity index (χ4n) is 2.51. The molecule has 4 nitrogen and oxygen atoms in total. The lowest BCUT2D eigenvalue weighted by Gasteiger charge is -2.20. The Morgan fingerprint density at radius 1 is 1.33 bits per heavy atom. The van der Waals surface area contributed by atoms with Crippen molar-refractivity contribution in [2.75, 3.05) is 20.3 Å². The maximum atomic E-state index is 9.98. The van der Waals surface area contributed by atoms with Crippen molar-refractivity contribution < 1.29 is 14.6 Å². The van der Waals surface area contributed by atoms with E-state index in [1.165, 1.54) is 19.3 Å². The molecule has 1 aliphatic rings. The summed E-state index contributed by atoms with van der Waals surface area (Å²) < 4.78 is 10.7. The van der Waals surface area contributed by atoms with Gasteiger partial charge in [-0.25, -0.2) is 0 Å². The van der Waals surface area contributed by atoms with Gasteiger partial charge in [-0.05, 0) is 43.7 Å². The van der Waals surface area contributed by atoms with Crippen LogP contribution in [-0.4, -0.2) is 37.5 Å². The standard InChI is InChI=1S/C17H27NO3/c1-13(10-17(2)7-8-17)18-11-14(19)12-21-16-6-4-5-15(9-16)20-3/h4-6,9,13-14,18-19H,7-8,10-12H2,1-3H3/t13-,14+/m1/s1. The Morgan fingerprint density at radius 3 is 2.71 bits per heavy atom. The van der Waals surface area contributed by atoms with Gasteiger partial charge >= 0.3 is 0 Å². The third kappa shape index (κ3) is 5.56. The summed E-state index contributed by atoms with van der Waals surface area (Å²) >= 11 is 0. The molecule has 4 heteroatoms. The van der Waals surface area contributed by atoms with E-state index in [9.17, 15) is 5.11 Å². The zero-order chi connectivity index (χ0) is 15.3. The molecule has 1 aromatic carbocycles. The van der Waals surface area contributed by atoms with E-state index in [0.717, 1.165) is 5.75 Å². The molecular weight excluding hydrogens is 266 g/mol. The summed E-state index contributed by atoms with van der Waals surface area (Å²) in [5.74, 6) is 1.47. The van der Waals surface area contributed by atoms with E-state index in [-0.39, 0.29) is 6.61 Å². The summed E-state index contributed by atoms with van der Waals surface area (Å²) in [5, 5.41) is 13.4. The number of methoxy groups -OCH3 is 1. The molecule has 0 aromatic heterocycles. The molecule has 0 heterocycles. The van der Waals surface area contributed by atoms with Crippen LogP contribution in [0.25, 0.3) is 0 Å². The van der Waals surface area contributed by atoms with Gasteiger partial charge in [-0.1, -0.05) is 13.0 Å². The molecule has 0 bridgehead atoms. The van der Waals surface area contributed by atoms with Gasteiger partial charge < -0.3 is 19.9 Å². The first-order valence-corrected chi connectivity index (χ1v) is 7.69.